The zero-order valence-corrected chi connectivity index (χ0v) is 17.3. The number of carboxylic acids is 1. The van der Waals surface area contributed by atoms with Crippen molar-refractivity contribution in [3.63, 3.8) is 0 Å². The van der Waals surface area contributed by atoms with Gasteiger partial charge in [0.1, 0.15) is 6.04 Å². The van der Waals surface area contributed by atoms with Gasteiger partial charge in [-0.3, -0.25) is 4.79 Å². The monoisotopic (exact) mass is 410 g/mol. The van der Waals surface area contributed by atoms with Crippen LogP contribution in [0.1, 0.15) is 57.8 Å². The van der Waals surface area contributed by atoms with E-state index in [2.05, 4.69) is 0 Å². The summed E-state index contributed by atoms with van der Waals surface area (Å²) in [5, 5.41) is 25.3. The van der Waals surface area contributed by atoms with Crippen molar-refractivity contribution >= 4 is 5.97 Å². The molecule has 0 saturated carbocycles. The molecule has 3 atom stereocenters. The average molecular weight is 411 g/mol. The summed E-state index contributed by atoms with van der Waals surface area (Å²) in [7, 11) is 0. The van der Waals surface area contributed by atoms with Crippen LogP contribution < -0.4 is 34.4 Å². The minimum atomic E-state index is -0.933. The van der Waals surface area contributed by atoms with Crippen LogP contribution in [0.5, 0.6) is 0 Å². The van der Waals surface area contributed by atoms with E-state index in [0.29, 0.717) is 13.0 Å². The maximum Gasteiger partial charge on any atom is 0.320 e. The lowest BCUT2D eigenvalue weighted by molar-refractivity contribution is -0.138. The molecule has 10 heteroatoms. The number of carbonyl (C=O) groups is 1. The Hall–Kier alpha value is -0.850. The zero-order valence-electron chi connectivity index (χ0n) is 17.3. The predicted octanol–water partition coefficient (Wildman–Crippen LogP) is -1.60. The van der Waals surface area contributed by atoms with Gasteiger partial charge >= 0.3 is 5.97 Å². The summed E-state index contributed by atoms with van der Waals surface area (Å²) in [5.74, 6) is -0.933. The topological polar surface area (TPSA) is 234 Å². The summed E-state index contributed by atoms with van der Waals surface area (Å²) in [4.78, 5) is 10.1. The molecular weight excluding hydrogens is 364 g/mol. The molecule has 0 aromatic carbocycles. The first kappa shape index (κ1) is 31.8. The van der Waals surface area contributed by atoms with Crippen molar-refractivity contribution in [2.24, 2.45) is 34.4 Å². The molecule has 0 radical (unpaired) electrons. The Morgan fingerprint density at radius 3 is 1.21 bits per heavy atom. The van der Waals surface area contributed by atoms with Gasteiger partial charge in [0.25, 0.3) is 0 Å². The third kappa shape index (κ3) is 29.9. The average Bonchev–Trinajstić information content (AvgIpc) is 2.69. The molecule has 0 aromatic heterocycles. The number of aliphatic hydroxyl groups excluding tert-OH is 2. The van der Waals surface area contributed by atoms with Crippen LogP contribution in [0.25, 0.3) is 0 Å². The van der Waals surface area contributed by atoms with E-state index in [9.17, 15) is 4.79 Å². The second-order valence-corrected chi connectivity index (χ2v) is 6.68. The molecule has 0 aromatic rings. The Morgan fingerprint density at radius 1 is 0.643 bits per heavy atom. The molecule has 0 rings (SSSR count). The smallest absolute Gasteiger partial charge is 0.320 e. The van der Waals surface area contributed by atoms with Gasteiger partial charge in [0, 0.05) is 12.1 Å². The van der Waals surface area contributed by atoms with Gasteiger partial charge in [-0.05, 0) is 58.2 Å². The van der Waals surface area contributed by atoms with E-state index >= 15 is 0 Å². The van der Waals surface area contributed by atoms with E-state index in [1.807, 2.05) is 0 Å². The standard InChI is InChI=1S/C6H14N2O2.2C6H16N2O/c7-4-2-1-3-5(8)6(9)10;2*7-4-2-1-3-6(8)5-9/h5H,1-4,7-8H2,(H,9,10);2*6,9H,1-5,7-8H2/t5-;2*6-/m010/s1. The molecule has 0 spiro atoms. The lowest BCUT2D eigenvalue weighted by Gasteiger charge is -2.05. The van der Waals surface area contributed by atoms with Crippen LogP contribution in [0.15, 0.2) is 0 Å². The predicted molar refractivity (Wildman–Crippen MR) is 114 cm³/mol. The molecule has 0 aliphatic heterocycles. The fraction of sp³-hybridized carbons (Fsp3) is 0.944. The quantitative estimate of drug-likeness (QED) is 0.140. The number of carboxylic acid groups (broad SMARTS) is 1. The van der Waals surface area contributed by atoms with Crippen molar-refractivity contribution in [3.05, 3.63) is 0 Å². The lowest BCUT2D eigenvalue weighted by Crippen LogP contribution is -2.29. The molecule has 0 bridgehead atoms. The van der Waals surface area contributed by atoms with Crippen LogP contribution in [0.4, 0.5) is 0 Å². The van der Waals surface area contributed by atoms with Gasteiger partial charge in [0.2, 0.25) is 0 Å². The van der Waals surface area contributed by atoms with Crippen molar-refractivity contribution in [1.29, 1.82) is 0 Å². The molecular formula is C18H46N6O4. The van der Waals surface area contributed by atoms with E-state index in [-0.39, 0.29) is 25.3 Å². The molecule has 0 fully saturated rings. The normalized spacial score (nSPS) is 13.4. The highest BCUT2D eigenvalue weighted by Gasteiger charge is 2.09. The molecule has 0 heterocycles. The number of hydrogen-bond acceptors (Lipinski definition) is 9. The summed E-state index contributed by atoms with van der Waals surface area (Å²) in [6, 6.07) is -0.806. The maximum absolute atomic E-state index is 10.1. The first-order valence-electron chi connectivity index (χ1n) is 10.1. The van der Waals surface area contributed by atoms with Crippen molar-refractivity contribution in [1.82, 2.24) is 0 Å². The minimum Gasteiger partial charge on any atom is -0.480 e. The molecule has 10 nitrogen and oxygen atoms in total. The first-order chi connectivity index (χ1) is 13.3. The van der Waals surface area contributed by atoms with Crippen LogP contribution in [0.2, 0.25) is 0 Å². The van der Waals surface area contributed by atoms with E-state index in [1.54, 1.807) is 0 Å². The molecule has 0 saturated heterocycles. The van der Waals surface area contributed by atoms with Gasteiger partial charge in [-0.25, -0.2) is 0 Å². The van der Waals surface area contributed by atoms with Gasteiger partial charge in [0.15, 0.2) is 0 Å². The highest BCUT2D eigenvalue weighted by molar-refractivity contribution is 5.72. The third-order valence-corrected chi connectivity index (χ3v) is 3.81. The third-order valence-electron chi connectivity index (χ3n) is 3.81. The molecule has 28 heavy (non-hydrogen) atoms. The van der Waals surface area contributed by atoms with Crippen molar-refractivity contribution in [2.75, 3.05) is 32.8 Å². The minimum absolute atomic E-state index is 0.0449. The number of aliphatic hydroxyl groups is 2. The highest BCUT2D eigenvalue weighted by Crippen LogP contribution is 1.97. The van der Waals surface area contributed by atoms with Crippen molar-refractivity contribution < 1.29 is 20.1 Å². The highest BCUT2D eigenvalue weighted by atomic mass is 16.4. The van der Waals surface area contributed by atoms with Crippen LogP contribution >= 0.6 is 0 Å². The van der Waals surface area contributed by atoms with Gasteiger partial charge in [0.05, 0.1) is 13.2 Å². The molecule has 0 unspecified atom stereocenters. The summed E-state index contributed by atoms with van der Waals surface area (Å²) in [6.45, 7) is 2.22. The van der Waals surface area contributed by atoms with Gasteiger partial charge < -0.3 is 49.7 Å². The van der Waals surface area contributed by atoms with Gasteiger partial charge in [-0.15, -0.1) is 0 Å². The number of hydrogen-bond donors (Lipinski definition) is 9. The molecule has 15 N–H and O–H groups in total. The molecule has 0 amide bonds. The number of unbranched alkanes of at least 4 members (excludes halogenated alkanes) is 3. The summed E-state index contributed by atoms with van der Waals surface area (Å²) >= 11 is 0. The van der Waals surface area contributed by atoms with Crippen LogP contribution in [0, 0.1) is 0 Å². The van der Waals surface area contributed by atoms with Crippen LogP contribution in [-0.4, -0.2) is 72.3 Å². The summed E-state index contributed by atoms with van der Waals surface area (Å²) in [5.41, 5.74) is 31.8. The summed E-state index contributed by atoms with van der Waals surface area (Å²) in [6.07, 6.45) is 8.00. The van der Waals surface area contributed by atoms with E-state index in [1.165, 1.54) is 0 Å². The van der Waals surface area contributed by atoms with Gasteiger partial charge in [-0.2, -0.15) is 0 Å². The Labute approximate surface area is 170 Å². The van der Waals surface area contributed by atoms with Gasteiger partial charge in [-0.1, -0.05) is 19.3 Å². The van der Waals surface area contributed by atoms with E-state index in [0.717, 1.165) is 64.5 Å². The Morgan fingerprint density at radius 2 is 0.964 bits per heavy atom. The summed E-state index contributed by atoms with van der Waals surface area (Å²) < 4.78 is 0. The number of nitrogens with two attached hydrogens (primary N) is 6. The Kier molecular flexibility index (Phi) is 29.7. The second-order valence-electron chi connectivity index (χ2n) is 6.68. The molecule has 0 aliphatic carbocycles. The van der Waals surface area contributed by atoms with Crippen molar-refractivity contribution in [2.45, 2.75) is 75.9 Å². The van der Waals surface area contributed by atoms with Crippen LogP contribution in [0.3, 0.4) is 0 Å². The number of rotatable bonds is 15. The van der Waals surface area contributed by atoms with E-state index in [4.69, 9.17) is 49.7 Å². The largest absolute Gasteiger partial charge is 0.480 e. The molecule has 0 aliphatic rings. The number of aliphatic carboxylic acids is 1. The zero-order chi connectivity index (χ0) is 22.2. The molecule has 172 valence electrons. The Balaban J connectivity index is -0.000000336. The first-order valence-corrected chi connectivity index (χ1v) is 10.1. The van der Waals surface area contributed by atoms with E-state index < -0.39 is 12.0 Å². The second kappa shape index (κ2) is 26.1. The maximum atomic E-state index is 10.1. The Bertz CT molecular complexity index is 298. The van der Waals surface area contributed by atoms with Crippen molar-refractivity contribution in [3.8, 4) is 0 Å². The fourth-order valence-electron chi connectivity index (χ4n) is 1.92. The lowest BCUT2D eigenvalue weighted by atomic mass is 10.1. The SMILES string of the molecule is NCCCC[C@@H](N)CO.NCCCC[C@H](N)C(=O)O.NCCCC[C@H](N)CO. The fourth-order valence-corrected chi connectivity index (χ4v) is 1.92. The van der Waals surface area contributed by atoms with Crippen LogP contribution in [-0.2, 0) is 4.79 Å².